The van der Waals surface area contributed by atoms with Crippen LogP contribution in [0.2, 0.25) is 0 Å². The van der Waals surface area contributed by atoms with Gasteiger partial charge in [0.25, 0.3) is 0 Å². The average molecular weight is 207 g/mol. The fourth-order valence-corrected chi connectivity index (χ4v) is 2.47. The van der Waals surface area contributed by atoms with Crippen molar-refractivity contribution in [3.8, 4) is 0 Å². The van der Waals surface area contributed by atoms with E-state index in [1.807, 2.05) is 6.07 Å². The Hall–Kier alpha value is -0.905. The van der Waals surface area contributed by atoms with Crippen LogP contribution in [0.3, 0.4) is 0 Å². The van der Waals surface area contributed by atoms with Crippen molar-refractivity contribution in [2.24, 2.45) is 0 Å². The van der Waals surface area contributed by atoms with Crippen molar-refractivity contribution in [1.82, 2.24) is 4.98 Å². The summed E-state index contributed by atoms with van der Waals surface area (Å²) in [7, 11) is -1.41. The molecule has 0 aliphatic carbocycles. The van der Waals surface area contributed by atoms with Crippen molar-refractivity contribution in [3.05, 3.63) is 23.2 Å². The molecule has 0 aromatic carbocycles. The molecule has 0 fully saturated rings. The maximum Gasteiger partial charge on any atom is 0.490 e. The zero-order chi connectivity index (χ0) is 10.1. The van der Waals surface area contributed by atoms with Crippen molar-refractivity contribution in [1.29, 1.82) is 0 Å². The minimum absolute atomic E-state index is 0.541. The molecular weight excluding hydrogens is 197 g/mol. The standard InChI is InChI=1S/C9H10BNO2S/c1-2-6-5-8-9(14-6)7(10(12)13)3-4-11-8/h3-5,12-13H,2H2,1H3. The van der Waals surface area contributed by atoms with Crippen LogP contribution in [0, 0.1) is 0 Å². The quantitative estimate of drug-likeness (QED) is 0.706. The van der Waals surface area contributed by atoms with Crippen LogP contribution in [0.1, 0.15) is 11.8 Å². The molecule has 5 heteroatoms. The van der Waals surface area contributed by atoms with Crippen molar-refractivity contribution < 1.29 is 10.0 Å². The van der Waals surface area contributed by atoms with Crippen LogP contribution in [-0.4, -0.2) is 22.2 Å². The number of pyridine rings is 1. The molecule has 2 N–H and O–H groups in total. The van der Waals surface area contributed by atoms with Gasteiger partial charge in [0.15, 0.2) is 0 Å². The first-order chi connectivity index (χ1) is 6.72. The van der Waals surface area contributed by atoms with E-state index in [4.69, 9.17) is 10.0 Å². The zero-order valence-corrected chi connectivity index (χ0v) is 8.58. The Morgan fingerprint density at radius 3 is 2.93 bits per heavy atom. The molecule has 0 aliphatic rings. The Labute approximate surface area is 86.2 Å². The summed E-state index contributed by atoms with van der Waals surface area (Å²) in [4.78, 5) is 5.39. The third-order valence-electron chi connectivity index (χ3n) is 2.12. The van der Waals surface area contributed by atoms with Crippen molar-refractivity contribution in [2.75, 3.05) is 0 Å². The lowest BCUT2D eigenvalue weighted by Gasteiger charge is -1.98. The summed E-state index contributed by atoms with van der Waals surface area (Å²) >= 11 is 1.57. The molecule has 0 amide bonds. The highest BCUT2D eigenvalue weighted by molar-refractivity contribution is 7.20. The van der Waals surface area contributed by atoms with Gasteiger partial charge in [-0.1, -0.05) is 6.92 Å². The predicted molar refractivity (Wildman–Crippen MR) is 58.8 cm³/mol. The number of nitrogens with zero attached hydrogens (tertiary/aromatic N) is 1. The summed E-state index contributed by atoms with van der Waals surface area (Å²) in [5.41, 5.74) is 1.39. The maximum absolute atomic E-state index is 9.14. The van der Waals surface area contributed by atoms with Crippen molar-refractivity contribution >= 4 is 34.1 Å². The second-order valence-corrected chi connectivity index (χ2v) is 4.19. The largest absolute Gasteiger partial charge is 0.490 e. The van der Waals surface area contributed by atoms with E-state index in [1.165, 1.54) is 4.88 Å². The molecule has 0 saturated heterocycles. The van der Waals surface area contributed by atoms with E-state index < -0.39 is 7.12 Å². The minimum atomic E-state index is -1.41. The van der Waals surface area contributed by atoms with E-state index in [1.54, 1.807) is 23.6 Å². The molecule has 2 aromatic rings. The molecule has 0 atom stereocenters. The lowest BCUT2D eigenvalue weighted by atomic mass is 9.81. The first-order valence-electron chi connectivity index (χ1n) is 4.46. The number of aromatic nitrogens is 1. The number of rotatable bonds is 2. The molecule has 72 valence electrons. The smallest absolute Gasteiger partial charge is 0.423 e. The van der Waals surface area contributed by atoms with Gasteiger partial charge in [0.05, 0.1) is 10.2 Å². The third-order valence-corrected chi connectivity index (χ3v) is 3.44. The Morgan fingerprint density at radius 1 is 1.50 bits per heavy atom. The molecular formula is C9H10BNO2S. The molecule has 2 heterocycles. The highest BCUT2D eigenvalue weighted by Gasteiger charge is 2.16. The van der Waals surface area contributed by atoms with Gasteiger partial charge in [-0.25, -0.2) is 0 Å². The maximum atomic E-state index is 9.14. The fourth-order valence-electron chi connectivity index (χ4n) is 1.38. The molecule has 14 heavy (non-hydrogen) atoms. The minimum Gasteiger partial charge on any atom is -0.423 e. The monoisotopic (exact) mass is 207 g/mol. The van der Waals surface area contributed by atoms with Crippen molar-refractivity contribution in [3.63, 3.8) is 0 Å². The van der Waals surface area contributed by atoms with Crippen LogP contribution in [0.4, 0.5) is 0 Å². The molecule has 2 aromatic heterocycles. The number of hydrogen-bond acceptors (Lipinski definition) is 4. The van der Waals surface area contributed by atoms with E-state index in [-0.39, 0.29) is 0 Å². The Kier molecular flexibility index (Phi) is 2.54. The lowest BCUT2D eigenvalue weighted by Crippen LogP contribution is -2.29. The van der Waals surface area contributed by atoms with E-state index in [0.717, 1.165) is 16.6 Å². The second kappa shape index (κ2) is 3.69. The summed E-state index contributed by atoms with van der Waals surface area (Å²) < 4.78 is 0.874. The molecule has 0 saturated carbocycles. The number of fused-ring (bicyclic) bond motifs is 1. The van der Waals surface area contributed by atoms with E-state index in [9.17, 15) is 0 Å². The Morgan fingerprint density at radius 2 is 2.29 bits per heavy atom. The highest BCUT2D eigenvalue weighted by Crippen LogP contribution is 2.22. The highest BCUT2D eigenvalue weighted by atomic mass is 32.1. The molecule has 3 nitrogen and oxygen atoms in total. The lowest BCUT2D eigenvalue weighted by molar-refractivity contribution is 0.426. The van der Waals surface area contributed by atoms with Crippen LogP contribution in [0.25, 0.3) is 10.2 Å². The van der Waals surface area contributed by atoms with Gasteiger partial charge in [0, 0.05) is 16.5 Å². The summed E-state index contributed by atoms with van der Waals surface area (Å²) in [6.07, 6.45) is 2.55. The average Bonchev–Trinajstić information content (AvgIpc) is 2.59. The number of thiophene rings is 1. The van der Waals surface area contributed by atoms with Crippen LogP contribution in [0.5, 0.6) is 0 Å². The van der Waals surface area contributed by atoms with Gasteiger partial charge in [-0.3, -0.25) is 4.98 Å². The Balaban J connectivity index is 2.66. The molecule has 0 spiro atoms. The predicted octanol–water partition coefficient (Wildman–Crippen LogP) is 0.538. The van der Waals surface area contributed by atoms with Gasteiger partial charge in [-0.15, -0.1) is 11.3 Å². The third kappa shape index (κ3) is 1.54. The summed E-state index contributed by atoms with van der Waals surface area (Å²) in [5.74, 6) is 0. The summed E-state index contributed by atoms with van der Waals surface area (Å²) in [6, 6.07) is 3.63. The normalized spacial score (nSPS) is 10.8. The van der Waals surface area contributed by atoms with E-state index >= 15 is 0 Å². The van der Waals surface area contributed by atoms with Gasteiger partial charge in [-0.2, -0.15) is 0 Å². The second-order valence-electron chi connectivity index (χ2n) is 3.05. The van der Waals surface area contributed by atoms with Crippen LogP contribution in [-0.2, 0) is 6.42 Å². The SMILES string of the molecule is CCc1cc2nccc(B(O)O)c2s1. The van der Waals surface area contributed by atoms with Crippen molar-refractivity contribution in [2.45, 2.75) is 13.3 Å². The first-order valence-corrected chi connectivity index (χ1v) is 5.27. The van der Waals surface area contributed by atoms with Gasteiger partial charge in [0.1, 0.15) is 0 Å². The molecule has 2 rings (SSSR count). The van der Waals surface area contributed by atoms with E-state index in [2.05, 4.69) is 11.9 Å². The van der Waals surface area contributed by atoms with E-state index in [0.29, 0.717) is 5.46 Å². The summed E-state index contributed by atoms with van der Waals surface area (Å²) in [5, 5.41) is 18.3. The summed E-state index contributed by atoms with van der Waals surface area (Å²) in [6.45, 7) is 2.07. The van der Waals surface area contributed by atoms with Gasteiger partial charge >= 0.3 is 7.12 Å². The molecule has 0 aliphatic heterocycles. The number of hydrogen-bond donors (Lipinski definition) is 2. The first kappa shape index (κ1) is 9.64. The van der Waals surface area contributed by atoms with Gasteiger partial charge in [0.2, 0.25) is 0 Å². The zero-order valence-electron chi connectivity index (χ0n) is 7.77. The fraction of sp³-hybridized carbons (Fsp3) is 0.222. The van der Waals surface area contributed by atoms with Crippen LogP contribution >= 0.6 is 11.3 Å². The topological polar surface area (TPSA) is 53.4 Å². The van der Waals surface area contributed by atoms with Crippen LogP contribution < -0.4 is 5.46 Å². The molecule has 0 radical (unpaired) electrons. The molecule has 0 bridgehead atoms. The number of aryl methyl sites for hydroxylation is 1. The van der Waals surface area contributed by atoms with Crippen LogP contribution in [0.15, 0.2) is 18.3 Å². The van der Waals surface area contributed by atoms with Gasteiger partial charge < -0.3 is 10.0 Å². The Bertz CT molecular complexity index is 455. The molecule has 0 unspecified atom stereocenters. The van der Waals surface area contributed by atoms with Gasteiger partial charge in [-0.05, 0) is 18.6 Å².